The molecule has 0 radical (unpaired) electrons. The van der Waals surface area contributed by atoms with E-state index in [-0.39, 0.29) is 0 Å². The number of halogens is 1. The van der Waals surface area contributed by atoms with Gasteiger partial charge in [0, 0.05) is 3.57 Å². The van der Waals surface area contributed by atoms with Crippen molar-refractivity contribution in [2.75, 3.05) is 0 Å². The lowest BCUT2D eigenvalue weighted by Crippen LogP contribution is -1.88. The van der Waals surface area contributed by atoms with E-state index >= 15 is 0 Å². The quantitative estimate of drug-likeness (QED) is 0.213. The van der Waals surface area contributed by atoms with E-state index in [1.165, 1.54) is 48.1 Å². The van der Waals surface area contributed by atoms with Gasteiger partial charge in [0.2, 0.25) is 0 Å². The van der Waals surface area contributed by atoms with Crippen LogP contribution in [-0.4, -0.2) is 0 Å². The minimum Gasteiger partial charge on any atom is -0.0622 e. The molecule has 0 atom stereocenters. The molecular weight excluding hydrogens is 487 g/mol. The Kier molecular flexibility index (Phi) is 5.68. The first-order chi connectivity index (χ1) is 15.3. The standard InChI is InChI=1S/C30H21I/c31-30-20-28(24-14-8-3-9-15-24)19-29(21-30)27-17-25(22-10-4-1-5-11-22)16-26(18-27)23-12-6-2-7-13-23/h1-21H. The Morgan fingerprint density at radius 1 is 0.290 bits per heavy atom. The molecule has 5 rings (SSSR count). The fourth-order valence-corrected chi connectivity index (χ4v) is 4.61. The van der Waals surface area contributed by atoms with Crippen LogP contribution in [-0.2, 0) is 0 Å². The number of rotatable bonds is 4. The van der Waals surface area contributed by atoms with Crippen LogP contribution in [0, 0.1) is 3.57 Å². The van der Waals surface area contributed by atoms with Gasteiger partial charge in [0.1, 0.15) is 0 Å². The minimum atomic E-state index is 1.23. The van der Waals surface area contributed by atoms with E-state index in [1.807, 2.05) is 0 Å². The SMILES string of the molecule is Ic1cc(-c2ccccc2)cc(-c2cc(-c3ccccc3)cc(-c3ccccc3)c2)c1. The highest BCUT2D eigenvalue weighted by atomic mass is 127. The molecule has 0 amide bonds. The van der Waals surface area contributed by atoms with Crippen LogP contribution in [0.3, 0.4) is 0 Å². The van der Waals surface area contributed by atoms with E-state index < -0.39 is 0 Å². The van der Waals surface area contributed by atoms with E-state index in [0.717, 1.165) is 0 Å². The summed E-state index contributed by atoms with van der Waals surface area (Å²) in [5, 5.41) is 0. The molecule has 0 aromatic heterocycles. The summed E-state index contributed by atoms with van der Waals surface area (Å²) in [4.78, 5) is 0. The van der Waals surface area contributed by atoms with Gasteiger partial charge in [-0.1, -0.05) is 91.0 Å². The molecular formula is C30H21I. The van der Waals surface area contributed by atoms with Gasteiger partial charge >= 0.3 is 0 Å². The van der Waals surface area contributed by atoms with E-state index in [0.29, 0.717) is 0 Å². The van der Waals surface area contributed by atoms with Gasteiger partial charge in [-0.05, 0) is 103 Å². The maximum atomic E-state index is 2.43. The molecule has 0 spiro atoms. The summed E-state index contributed by atoms with van der Waals surface area (Å²) in [6, 6.07) is 45.6. The zero-order valence-electron chi connectivity index (χ0n) is 17.0. The van der Waals surface area contributed by atoms with E-state index in [9.17, 15) is 0 Å². The normalized spacial score (nSPS) is 10.7. The summed E-state index contributed by atoms with van der Waals surface area (Å²) in [7, 11) is 0. The van der Waals surface area contributed by atoms with Gasteiger partial charge in [-0.2, -0.15) is 0 Å². The van der Waals surface area contributed by atoms with Gasteiger partial charge in [-0.15, -0.1) is 0 Å². The molecule has 0 aliphatic rings. The first-order valence-electron chi connectivity index (χ1n) is 10.4. The van der Waals surface area contributed by atoms with Gasteiger partial charge < -0.3 is 0 Å². The van der Waals surface area contributed by atoms with Crippen LogP contribution < -0.4 is 0 Å². The Balaban J connectivity index is 1.70. The maximum Gasteiger partial charge on any atom is 0.0142 e. The lowest BCUT2D eigenvalue weighted by molar-refractivity contribution is 1.54. The summed E-state index contributed by atoms with van der Waals surface area (Å²) in [6.45, 7) is 0. The van der Waals surface area contributed by atoms with Gasteiger partial charge in [-0.25, -0.2) is 0 Å². The Morgan fingerprint density at radius 2 is 0.548 bits per heavy atom. The Bertz CT molecular complexity index is 1250. The van der Waals surface area contributed by atoms with Crippen LogP contribution in [0.1, 0.15) is 0 Å². The molecule has 5 aromatic rings. The lowest BCUT2D eigenvalue weighted by Gasteiger charge is -2.13. The summed E-state index contributed by atoms with van der Waals surface area (Å²) < 4.78 is 1.24. The first-order valence-corrected chi connectivity index (χ1v) is 11.5. The van der Waals surface area contributed by atoms with Crippen molar-refractivity contribution in [2.24, 2.45) is 0 Å². The Hall–Kier alpha value is -3.17. The van der Waals surface area contributed by atoms with Crippen LogP contribution >= 0.6 is 22.6 Å². The summed E-state index contributed by atoms with van der Waals surface area (Å²) in [6.07, 6.45) is 0. The highest BCUT2D eigenvalue weighted by molar-refractivity contribution is 14.1. The van der Waals surface area contributed by atoms with Gasteiger partial charge in [0.05, 0.1) is 0 Å². The molecule has 0 bridgehead atoms. The smallest absolute Gasteiger partial charge is 0.0142 e. The maximum absolute atomic E-state index is 2.43. The van der Waals surface area contributed by atoms with Crippen molar-refractivity contribution in [1.29, 1.82) is 0 Å². The van der Waals surface area contributed by atoms with Crippen molar-refractivity contribution in [3.8, 4) is 44.5 Å². The fourth-order valence-electron chi connectivity index (χ4n) is 3.94. The van der Waals surface area contributed by atoms with Gasteiger partial charge in [0.15, 0.2) is 0 Å². The molecule has 0 saturated heterocycles. The number of hydrogen-bond donors (Lipinski definition) is 0. The zero-order chi connectivity index (χ0) is 21.0. The molecule has 0 saturated carbocycles. The predicted molar refractivity (Wildman–Crippen MR) is 141 cm³/mol. The summed E-state index contributed by atoms with van der Waals surface area (Å²) in [5.41, 5.74) is 9.88. The van der Waals surface area contributed by atoms with Crippen molar-refractivity contribution >= 4 is 22.6 Å². The molecule has 0 aliphatic heterocycles. The second-order valence-corrected chi connectivity index (χ2v) is 8.87. The third kappa shape index (κ3) is 4.47. The molecule has 31 heavy (non-hydrogen) atoms. The van der Waals surface area contributed by atoms with Crippen LogP contribution in [0.15, 0.2) is 127 Å². The molecule has 0 unspecified atom stereocenters. The van der Waals surface area contributed by atoms with Crippen LogP contribution in [0.5, 0.6) is 0 Å². The van der Waals surface area contributed by atoms with Crippen molar-refractivity contribution in [2.45, 2.75) is 0 Å². The molecule has 0 N–H and O–H groups in total. The van der Waals surface area contributed by atoms with E-state index in [1.54, 1.807) is 0 Å². The number of benzene rings is 5. The predicted octanol–water partition coefficient (Wildman–Crippen LogP) is 8.96. The monoisotopic (exact) mass is 508 g/mol. The molecule has 0 fully saturated rings. The van der Waals surface area contributed by atoms with Crippen LogP contribution in [0.2, 0.25) is 0 Å². The molecule has 1 heteroatoms. The molecule has 0 heterocycles. The molecule has 0 nitrogen and oxygen atoms in total. The molecule has 0 aliphatic carbocycles. The highest BCUT2D eigenvalue weighted by Gasteiger charge is 2.09. The van der Waals surface area contributed by atoms with Crippen molar-refractivity contribution in [3.63, 3.8) is 0 Å². The van der Waals surface area contributed by atoms with Crippen molar-refractivity contribution < 1.29 is 0 Å². The van der Waals surface area contributed by atoms with Gasteiger partial charge in [-0.3, -0.25) is 0 Å². The van der Waals surface area contributed by atoms with Crippen LogP contribution in [0.4, 0.5) is 0 Å². The first kappa shape index (κ1) is 19.8. The average molecular weight is 508 g/mol. The fraction of sp³-hybridized carbons (Fsp3) is 0. The second kappa shape index (κ2) is 8.91. The second-order valence-electron chi connectivity index (χ2n) is 7.63. The Morgan fingerprint density at radius 3 is 0.903 bits per heavy atom. The Labute approximate surface area is 197 Å². The zero-order valence-corrected chi connectivity index (χ0v) is 19.2. The number of hydrogen-bond acceptors (Lipinski definition) is 0. The third-order valence-electron chi connectivity index (χ3n) is 5.49. The van der Waals surface area contributed by atoms with E-state index in [2.05, 4.69) is 150 Å². The average Bonchev–Trinajstić information content (AvgIpc) is 2.85. The molecule has 148 valence electrons. The van der Waals surface area contributed by atoms with Crippen molar-refractivity contribution in [3.05, 3.63) is 131 Å². The highest BCUT2D eigenvalue weighted by Crippen LogP contribution is 2.35. The summed E-state index contributed by atoms with van der Waals surface area (Å²) in [5.74, 6) is 0. The summed E-state index contributed by atoms with van der Waals surface area (Å²) >= 11 is 2.43. The topological polar surface area (TPSA) is 0 Å². The largest absolute Gasteiger partial charge is 0.0622 e. The van der Waals surface area contributed by atoms with Crippen molar-refractivity contribution in [1.82, 2.24) is 0 Å². The minimum absolute atomic E-state index is 1.23. The van der Waals surface area contributed by atoms with Gasteiger partial charge in [0.25, 0.3) is 0 Å². The molecule has 5 aromatic carbocycles. The van der Waals surface area contributed by atoms with E-state index in [4.69, 9.17) is 0 Å². The lowest BCUT2D eigenvalue weighted by atomic mass is 9.92. The van der Waals surface area contributed by atoms with Crippen LogP contribution in [0.25, 0.3) is 44.5 Å². The third-order valence-corrected chi connectivity index (χ3v) is 6.11.